The summed E-state index contributed by atoms with van der Waals surface area (Å²) in [6, 6.07) is 0.356. The molecule has 0 aromatic carbocycles. The highest BCUT2D eigenvalue weighted by atomic mass is 16.5. The molecule has 0 radical (unpaired) electrons. The SMILES string of the molecule is CCOC(=O)C1(N)CCC(N(C)CC2CCCCO2)C1. The highest BCUT2D eigenvalue weighted by Crippen LogP contribution is 2.32. The Morgan fingerprint density at radius 2 is 2.25 bits per heavy atom. The molecule has 3 unspecified atom stereocenters. The van der Waals surface area contributed by atoms with Crippen molar-refractivity contribution < 1.29 is 14.3 Å². The maximum atomic E-state index is 11.9. The normalized spacial score (nSPS) is 34.4. The zero-order valence-corrected chi connectivity index (χ0v) is 12.8. The van der Waals surface area contributed by atoms with E-state index >= 15 is 0 Å². The van der Waals surface area contributed by atoms with E-state index in [2.05, 4.69) is 11.9 Å². The molecule has 2 fully saturated rings. The molecular formula is C15H28N2O3. The van der Waals surface area contributed by atoms with Crippen molar-refractivity contribution in [3.05, 3.63) is 0 Å². The molecule has 1 saturated heterocycles. The van der Waals surface area contributed by atoms with E-state index in [4.69, 9.17) is 15.2 Å². The molecule has 2 N–H and O–H groups in total. The average Bonchev–Trinajstić information content (AvgIpc) is 2.84. The largest absolute Gasteiger partial charge is 0.465 e. The van der Waals surface area contributed by atoms with Crippen molar-refractivity contribution in [2.24, 2.45) is 5.73 Å². The molecule has 1 aliphatic heterocycles. The van der Waals surface area contributed by atoms with Crippen LogP contribution in [0.1, 0.15) is 45.4 Å². The van der Waals surface area contributed by atoms with Gasteiger partial charge in [-0.3, -0.25) is 4.79 Å². The summed E-state index contributed by atoms with van der Waals surface area (Å²) in [6.45, 7) is 4.03. The lowest BCUT2D eigenvalue weighted by Crippen LogP contribution is -2.48. The Morgan fingerprint density at radius 3 is 2.90 bits per heavy atom. The Kier molecular flexibility index (Phi) is 5.41. The molecule has 1 heterocycles. The van der Waals surface area contributed by atoms with E-state index < -0.39 is 5.54 Å². The van der Waals surface area contributed by atoms with Crippen LogP contribution in [-0.4, -0.2) is 55.4 Å². The van der Waals surface area contributed by atoms with E-state index in [1.165, 1.54) is 12.8 Å². The number of nitrogens with zero attached hydrogens (tertiary/aromatic N) is 1. The van der Waals surface area contributed by atoms with Gasteiger partial charge in [-0.2, -0.15) is 0 Å². The second kappa shape index (κ2) is 6.87. The molecule has 3 atom stereocenters. The first kappa shape index (κ1) is 15.7. The quantitative estimate of drug-likeness (QED) is 0.771. The molecule has 1 aliphatic carbocycles. The molecule has 5 nitrogen and oxygen atoms in total. The number of esters is 1. The van der Waals surface area contributed by atoms with Gasteiger partial charge in [0.15, 0.2) is 0 Å². The summed E-state index contributed by atoms with van der Waals surface area (Å²) in [6.07, 6.45) is 6.28. The standard InChI is InChI=1S/C15H28N2O3/c1-3-19-14(18)15(16)8-7-12(10-15)17(2)11-13-6-4-5-9-20-13/h12-13H,3-11,16H2,1-2H3. The molecule has 2 aliphatic rings. The van der Waals surface area contributed by atoms with Gasteiger partial charge in [0.1, 0.15) is 5.54 Å². The molecule has 0 aromatic heterocycles. The highest BCUT2D eigenvalue weighted by Gasteiger charge is 2.44. The van der Waals surface area contributed by atoms with Crippen molar-refractivity contribution in [2.45, 2.75) is 63.1 Å². The number of likely N-dealkylation sites (N-methyl/N-ethyl adjacent to an activating group) is 1. The van der Waals surface area contributed by atoms with Crippen LogP contribution in [0.3, 0.4) is 0 Å². The zero-order valence-electron chi connectivity index (χ0n) is 12.8. The van der Waals surface area contributed by atoms with Gasteiger partial charge in [-0.1, -0.05) is 0 Å². The topological polar surface area (TPSA) is 64.8 Å². The number of rotatable bonds is 5. The predicted molar refractivity (Wildman–Crippen MR) is 77.4 cm³/mol. The summed E-state index contributed by atoms with van der Waals surface area (Å²) in [5.41, 5.74) is 5.43. The lowest BCUT2D eigenvalue weighted by atomic mass is 9.99. The van der Waals surface area contributed by atoms with Crippen molar-refractivity contribution in [2.75, 3.05) is 26.8 Å². The van der Waals surface area contributed by atoms with Gasteiger partial charge in [0.05, 0.1) is 12.7 Å². The smallest absolute Gasteiger partial charge is 0.326 e. The Labute approximate surface area is 121 Å². The molecule has 0 bridgehead atoms. The molecule has 20 heavy (non-hydrogen) atoms. The first-order valence-corrected chi connectivity index (χ1v) is 7.83. The molecule has 116 valence electrons. The van der Waals surface area contributed by atoms with Crippen LogP contribution in [0.25, 0.3) is 0 Å². The number of hydrogen-bond acceptors (Lipinski definition) is 5. The van der Waals surface area contributed by atoms with Crippen LogP contribution >= 0.6 is 0 Å². The van der Waals surface area contributed by atoms with Crippen LogP contribution in [0.4, 0.5) is 0 Å². The van der Waals surface area contributed by atoms with Crippen LogP contribution in [0.2, 0.25) is 0 Å². The van der Waals surface area contributed by atoms with Gasteiger partial charge in [0.25, 0.3) is 0 Å². The van der Waals surface area contributed by atoms with Crippen molar-refractivity contribution in [3.63, 3.8) is 0 Å². The number of carbonyl (C=O) groups is 1. The monoisotopic (exact) mass is 284 g/mol. The van der Waals surface area contributed by atoms with Crippen molar-refractivity contribution in [3.8, 4) is 0 Å². The van der Waals surface area contributed by atoms with Gasteiger partial charge in [-0.15, -0.1) is 0 Å². The van der Waals surface area contributed by atoms with Crippen LogP contribution in [-0.2, 0) is 14.3 Å². The molecule has 2 rings (SSSR count). The lowest BCUT2D eigenvalue weighted by molar-refractivity contribution is -0.149. The first-order valence-electron chi connectivity index (χ1n) is 7.83. The highest BCUT2D eigenvalue weighted by molar-refractivity contribution is 5.81. The second-order valence-corrected chi connectivity index (χ2v) is 6.20. The summed E-state index contributed by atoms with van der Waals surface area (Å²) >= 11 is 0. The van der Waals surface area contributed by atoms with Crippen LogP contribution in [0.5, 0.6) is 0 Å². The first-order chi connectivity index (χ1) is 9.55. The van der Waals surface area contributed by atoms with Gasteiger partial charge >= 0.3 is 5.97 Å². The van der Waals surface area contributed by atoms with E-state index in [-0.39, 0.29) is 5.97 Å². The third-order valence-corrected chi connectivity index (χ3v) is 4.59. The number of nitrogens with two attached hydrogens (primary N) is 1. The minimum Gasteiger partial charge on any atom is -0.465 e. The molecule has 5 heteroatoms. The molecular weight excluding hydrogens is 256 g/mol. The average molecular weight is 284 g/mol. The molecule has 0 amide bonds. The maximum Gasteiger partial charge on any atom is 0.326 e. The van der Waals surface area contributed by atoms with E-state index in [1.54, 1.807) is 0 Å². The fraction of sp³-hybridized carbons (Fsp3) is 0.933. The minimum atomic E-state index is -0.789. The Hall–Kier alpha value is -0.650. The summed E-state index contributed by atoms with van der Waals surface area (Å²) < 4.78 is 10.9. The maximum absolute atomic E-state index is 11.9. The van der Waals surface area contributed by atoms with Crippen LogP contribution in [0, 0.1) is 0 Å². The van der Waals surface area contributed by atoms with E-state index in [1.807, 2.05) is 6.92 Å². The molecule has 0 spiro atoms. The van der Waals surface area contributed by atoms with Crippen molar-refractivity contribution >= 4 is 5.97 Å². The Bertz CT molecular complexity index is 331. The second-order valence-electron chi connectivity index (χ2n) is 6.20. The minimum absolute atomic E-state index is 0.246. The number of ether oxygens (including phenoxy) is 2. The van der Waals surface area contributed by atoms with E-state index in [0.717, 1.165) is 26.0 Å². The fourth-order valence-electron chi connectivity index (χ4n) is 3.31. The zero-order chi connectivity index (χ0) is 14.6. The number of carbonyl (C=O) groups excluding carboxylic acids is 1. The van der Waals surface area contributed by atoms with Gasteiger partial charge in [-0.05, 0) is 52.5 Å². The predicted octanol–water partition coefficient (Wildman–Crippen LogP) is 1.30. The lowest BCUT2D eigenvalue weighted by Gasteiger charge is -2.31. The summed E-state index contributed by atoms with van der Waals surface area (Å²) in [5, 5.41) is 0. The van der Waals surface area contributed by atoms with Crippen LogP contribution in [0.15, 0.2) is 0 Å². The van der Waals surface area contributed by atoms with Gasteiger partial charge < -0.3 is 20.1 Å². The Morgan fingerprint density at radius 1 is 1.45 bits per heavy atom. The summed E-state index contributed by atoms with van der Waals surface area (Å²) in [7, 11) is 2.11. The van der Waals surface area contributed by atoms with E-state index in [9.17, 15) is 4.79 Å². The van der Waals surface area contributed by atoms with Crippen molar-refractivity contribution in [1.29, 1.82) is 0 Å². The van der Waals surface area contributed by atoms with Gasteiger partial charge in [-0.25, -0.2) is 0 Å². The van der Waals surface area contributed by atoms with Gasteiger partial charge in [0, 0.05) is 19.2 Å². The van der Waals surface area contributed by atoms with E-state index in [0.29, 0.717) is 31.6 Å². The Balaban J connectivity index is 1.83. The van der Waals surface area contributed by atoms with Gasteiger partial charge in [0.2, 0.25) is 0 Å². The summed E-state index contributed by atoms with van der Waals surface area (Å²) in [4.78, 5) is 14.2. The fourth-order valence-corrected chi connectivity index (χ4v) is 3.31. The third kappa shape index (κ3) is 3.71. The third-order valence-electron chi connectivity index (χ3n) is 4.59. The molecule has 0 aromatic rings. The number of hydrogen-bond donors (Lipinski definition) is 1. The summed E-state index contributed by atoms with van der Waals surface area (Å²) in [5.74, 6) is -0.246. The van der Waals surface area contributed by atoms with Crippen molar-refractivity contribution in [1.82, 2.24) is 4.90 Å². The molecule has 1 saturated carbocycles. The van der Waals surface area contributed by atoms with Crippen LogP contribution < -0.4 is 5.73 Å².